The van der Waals surface area contributed by atoms with Crippen LogP contribution in [-0.2, 0) is 13.1 Å². The number of hydrogen-bond donors (Lipinski definition) is 2. The highest BCUT2D eigenvalue weighted by Gasteiger charge is 2.01. The van der Waals surface area contributed by atoms with Gasteiger partial charge in [0, 0.05) is 18.7 Å². The number of nitrogens with zero attached hydrogens (tertiary/aromatic N) is 2. The maximum absolute atomic E-state index is 5.61. The van der Waals surface area contributed by atoms with Crippen molar-refractivity contribution < 1.29 is 0 Å². The molecule has 0 aliphatic carbocycles. The van der Waals surface area contributed by atoms with Gasteiger partial charge in [-0.15, -0.1) is 5.10 Å². The van der Waals surface area contributed by atoms with Crippen LogP contribution in [-0.4, -0.2) is 10.2 Å². The summed E-state index contributed by atoms with van der Waals surface area (Å²) in [5, 5.41) is 11.1. The van der Waals surface area contributed by atoms with Crippen LogP contribution in [0, 0.1) is 0 Å². The number of hydrogen-bond acceptors (Lipinski definition) is 4. The number of benzene rings is 1. The molecule has 0 bridgehead atoms. The van der Waals surface area contributed by atoms with Crippen LogP contribution in [0.5, 0.6) is 0 Å². The number of rotatable bonds is 4. The quantitative estimate of drug-likeness (QED) is 0.810. The third-order valence-corrected chi connectivity index (χ3v) is 2.33. The fourth-order valence-corrected chi connectivity index (χ4v) is 1.45. The maximum atomic E-state index is 5.61. The smallest absolute Gasteiger partial charge is 0.153 e. The first-order chi connectivity index (χ1) is 7.90. The average molecular weight is 214 g/mol. The lowest BCUT2D eigenvalue weighted by molar-refractivity contribution is 0.948. The molecule has 0 unspecified atom stereocenters. The molecule has 1 aromatic carbocycles. The predicted octanol–water partition coefficient (Wildman–Crippen LogP) is 1.55. The summed E-state index contributed by atoms with van der Waals surface area (Å²) < 4.78 is 0. The molecule has 0 aliphatic heterocycles. The first-order valence-corrected chi connectivity index (χ1v) is 5.18. The minimum atomic E-state index is 0.465. The van der Waals surface area contributed by atoms with Crippen molar-refractivity contribution in [3.63, 3.8) is 0 Å². The lowest BCUT2D eigenvalue weighted by atomic mass is 10.2. The zero-order chi connectivity index (χ0) is 11.2. The summed E-state index contributed by atoms with van der Waals surface area (Å²) in [7, 11) is 0. The van der Waals surface area contributed by atoms with Crippen molar-refractivity contribution in [1.82, 2.24) is 10.2 Å². The SMILES string of the molecule is NCc1ccnnc1NCc1ccccc1. The summed E-state index contributed by atoms with van der Waals surface area (Å²) in [6, 6.07) is 12.0. The molecule has 2 rings (SSSR count). The molecule has 1 heterocycles. The van der Waals surface area contributed by atoms with Gasteiger partial charge < -0.3 is 11.1 Å². The third-order valence-electron chi connectivity index (χ3n) is 2.33. The monoisotopic (exact) mass is 214 g/mol. The van der Waals surface area contributed by atoms with Crippen molar-refractivity contribution in [3.05, 3.63) is 53.7 Å². The van der Waals surface area contributed by atoms with Gasteiger partial charge >= 0.3 is 0 Å². The molecule has 0 saturated carbocycles. The molecule has 0 aliphatic rings. The van der Waals surface area contributed by atoms with E-state index in [9.17, 15) is 0 Å². The molecular weight excluding hydrogens is 200 g/mol. The summed E-state index contributed by atoms with van der Waals surface area (Å²) in [4.78, 5) is 0. The minimum Gasteiger partial charge on any atom is -0.364 e. The second kappa shape index (κ2) is 5.23. The van der Waals surface area contributed by atoms with Gasteiger partial charge in [0.2, 0.25) is 0 Å². The Kier molecular flexibility index (Phi) is 3.46. The first kappa shape index (κ1) is 10.6. The van der Waals surface area contributed by atoms with E-state index in [1.165, 1.54) is 5.56 Å². The van der Waals surface area contributed by atoms with Crippen LogP contribution in [0.1, 0.15) is 11.1 Å². The molecule has 0 fully saturated rings. The molecule has 0 saturated heterocycles. The highest BCUT2D eigenvalue weighted by atomic mass is 15.2. The normalized spacial score (nSPS) is 10.1. The second-order valence-corrected chi connectivity index (χ2v) is 3.45. The Morgan fingerprint density at radius 3 is 2.69 bits per heavy atom. The van der Waals surface area contributed by atoms with Gasteiger partial charge in [-0.25, -0.2) is 0 Å². The van der Waals surface area contributed by atoms with Gasteiger partial charge in [0.25, 0.3) is 0 Å². The minimum absolute atomic E-state index is 0.465. The highest BCUT2D eigenvalue weighted by molar-refractivity contribution is 5.42. The molecule has 0 spiro atoms. The summed E-state index contributed by atoms with van der Waals surface area (Å²) in [6.07, 6.45) is 1.65. The van der Waals surface area contributed by atoms with Crippen molar-refractivity contribution in [2.45, 2.75) is 13.1 Å². The molecule has 1 aromatic heterocycles. The van der Waals surface area contributed by atoms with Crippen molar-refractivity contribution >= 4 is 5.82 Å². The van der Waals surface area contributed by atoms with E-state index in [0.29, 0.717) is 6.54 Å². The van der Waals surface area contributed by atoms with E-state index >= 15 is 0 Å². The van der Waals surface area contributed by atoms with Crippen molar-refractivity contribution in [2.24, 2.45) is 5.73 Å². The van der Waals surface area contributed by atoms with Crippen LogP contribution in [0.3, 0.4) is 0 Å². The van der Waals surface area contributed by atoms with Crippen LogP contribution in [0.2, 0.25) is 0 Å². The molecule has 4 heteroatoms. The standard InChI is InChI=1S/C12H14N4/c13-8-11-6-7-15-16-12(11)14-9-10-4-2-1-3-5-10/h1-7H,8-9,13H2,(H,14,16). The van der Waals surface area contributed by atoms with Gasteiger partial charge in [-0.1, -0.05) is 30.3 Å². The van der Waals surface area contributed by atoms with Crippen LogP contribution in [0.25, 0.3) is 0 Å². The van der Waals surface area contributed by atoms with E-state index in [-0.39, 0.29) is 0 Å². The molecular formula is C12H14N4. The molecule has 0 atom stereocenters. The summed E-state index contributed by atoms with van der Waals surface area (Å²) in [5.74, 6) is 0.758. The van der Waals surface area contributed by atoms with Gasteiger partial charge in [-0.05, 0) is 11.6 Å². The Balaban J connectivity index is 2.05. The lowest BCUT2D eigenvalue weighted by Crippen LogP contribution is -2.08. The number of nitrogens with two attached hydrogens (primary N) is 1. The van der Waals surface area contributed by atoms with Crippen molar-refractivity contribution in [2.75, 3.05) is 5.32 Å². The Labute approximate surface area is 94.5 Å². The van der Waals surface area contributed by atoms with E-state index in [1.807, 2.05) is 24.3 Å². The number of aromatic nitrogens is 2. The van der Waals surface area contributed by atoms with Gasteiger partial charge in [-0.2, -0.15) is 5.10 Å². The van der Waals surface area contributed by atoms with Gasteiger partial charge in [0.1, 0.15) is 0 Å². The van der Waals surface area contributed by atoms with Crippen molar-refractivity contribution in [3.8, 4) is 0 Å². The largest absolute Gasteiger partial charge is 0.364 e. The predicted molar refractivity (Wildman–Crippen MR) is 63.7 cm³/mol. The highest BCUT2D eigenvalue weighted by Crippen LogP contribution is 2.10. The zero-order valence-electron chi connectivity index (χ0n) is 8.93. The fraction of sp³-hybridized carbons (Fsp3) is 0.167. The first-order valence-electron chi connectivity index (χ1n) is 5.18. The van der Waals surface area contributed by atoms with Crippen LogP contribution >= 0.6 is 0 Å². The summed E-state index contributed by atoms with van der Waals surface area (Å²) in [5.41, 5.74) is 7.79. The van der Waals surface area contributed by atoms with Gasteiger partial charge in [-0.3, -0.25) is 0 Å². The Morgan fingerprint density at radius 2 is 1.94 bits per heavy atom. The van der Waals surface area contributed by atoms with Gasteiger partial charge in [0.15, 0.2) is 5.82 Å². The van der Waals surface area contributed by atoms with Crippen LogP contribution in [0.4, 0.5) is 5.82 Å². The topological polar surface area (TPSA) is 63.8 Å². The molecule has 0 amide bonds. The molecule has 2 aromatic rings. The van der Waals surface area contributed by atoms with E-state index < -0.39 is 0 Å². The molecule has 3 N–H and O–H groups in total. The van der Waals surface area contributed by atoms with Crippen LogP contribution < -0.4 is 11.1 Å². The third kappa shape index (κ3) is 2.55. The molecule has 16 heavy (non-hydrogen) atoms. The Morgan fingerprint density at radius 1 is 1.12 bits per heavy atom. The Hall–Kier alpha value is -1.94. The summed E-state index contributed by atoms with van der Waals surface area (Å²) in [6.45, 7) is 1.19. The van der Waals surface area contributed by atoms with E-state index in [0.717, 1.165) is 17.9 Å². The molecule has 0 radical (unpaired) electrons. The van der Waals surface area contributed by atoms with E-state index in [1.54, 1.807) is 6.20 Å². The van der Waals surface area contributed by atoms with E-state index in [2.05, 4.69) is 27.6 Å². The number of nitrogens with one attached hydrogen (secondary N) is 1. The maximum Gasteiger partial charge on any atom is 0.153 e. The van der Waals surface area contributed by atoms with Crippen LogP contribution in [0.15, 0.2) is 42.6 Å². The lowest BCUT2D eigenvalue weighted by Gasteiger charge is -2.08. The number of anilines is 1. The summed E-state index contributed by atoms with van der Waals surface area (Å²) >= 11 is 0. The van der Waals surface area contributed by atoms with Crippen molar-refractivity contribution in [1.29, 1.82) is 0 Å². The second-order valence-electron chi connectivity index (χ2n) is 3.45. The average Bonchev–Trinajstić information content (AvgIpc) is 2.38. The Bertz CT molecular complexity index is 442. The van der Waals surface area contributed by atoms with Gasteiger partial charge in [0.05, 0.1) is 6.20 Å². The molecule has 82 valence electrons. The fourth-order valence-electron chi connectivity index (χ4n) is 1.45. The molecule has 4 nitrogen and oxygen atoms in total. The zero-order valence-corrected chi connectivity index (χ0v) is 8.93. The van der Waals surface area contributed by atoms with E-state index in [4.69, 9.17) is 5.73 Å².